The van der Waals surface area contributed by atoms with E-state index in [0.717, 1.165) is 18.4 Å². The molecule has 0 aliphatic heterocycles. The number of nitrogen functional groups attached to an aromatic ring is 2. The van der Waals surface area contributed by atoms with E-state index in [1.165, 1.54) is 14.2 Å². The number of nitrogens with two attached hydrogens (primary N) is 2. The van der Waals surface area contributed by atoms with Crippen LogP contribution in [0.5, 0.6) is 17.2 Å². The summed E-state index contributed by atoms with van der Waals surface area (Å²) in [5.41, 5.74) is 10.7. The fourth-order valence-electron chi connectivity index (χ4n) is 5.44. The second kappa shape index (κ2) is 25.0. The monoisotopic (exact) mass is 889 g/mol. The molecule has 0 aliphatic rings. The molecule has 1 aromatic heterocycles. The molecule has 0 saturated heterocycles. The number of amides is 5. The molecule has 0 unspecified atom stereocenters. The molecule has 1 aromatic carbocycles. The summed E-state index contributed by atoms with van der Waals surface area (Å²) in [4.78, 5) is 75.7. The Labute approximate surface area is 369 Å². The Kier molecular flexibility index (Phi) is 21.0. The quantitative estimate of drug-likeness (QED) is 0.0417. The van der Waals surface area contributed by atoms with Crippen molar-refractivity contribution >= 4 is 47.8 Å². The zero-order valence-electron chi connectivity index (χ0n) is 38.6. The number of guanidine groups is 1. The first kappa shape index (κ1) is 52.9. The Balaban J connectivity index is 1.87. The van der Waals surface area contributed by atoms with Crippen LogP contribution in [-0.2, 0) is 30.2 Å². The predicted octanol–water partition coefficient (Wildman–Crippen LogP) is 4.50. The fourth-order valence-corrected chi connectivity index (χ4v) is 5.44. The van der Waals surface area contributed by atoms with E-state index in [9.17, 15) is 24.0 Å². The molecule has 2 rings (SSSR count). The molecule has 5 amide bonds. The minimum absolute atomic E-state index is 0.0532. The summed E-state index contributed by atoms with van der Waals surface area (Å²) in [7, 11) is 2.96. The van der Waals surface area contributed by atoms with E-state index in [2.05, 4.69) is 41.5 Å². The van der Waals surface area contributed by atoms with Gasteiger partial charge in [-0.2, -0.15) is 4.98 Å². The number of nitrogens with one attached hydrogen (secondary N) is 5. The topological polar surface area (TPSA) is 291 Å². The molecule has 1 atom stereocenters. The van der Waals surface area contributed by atoms with Gasteiger partial charge < -0.3 is 55.8 Å². The lowest BCUT2D eigenvalue weighted by molar-refractivity contribution is -0.124. The van der Waals surface area contributed by atoms with Crippen LogP contribution in [0.15, 0.2) is 23.3 Å². The second-order valence-corrected chi connectivity index (χ2v) is 17.3. The highest BCUT2D eigenvalue weighted by Gasteiger charge is 2.25. The zero-order chi connectivity index (χ0) is 47.4. The number of ether oxygens (including phenoxy) is 6. The number of anilines is 2. The van der Waals surface area contributed by atoms with Crippen molar-refractivity contribution in [1.82, 2.24) is 36.6 Å². The minimum Gasteiger partial charge on any atom is -0.493 e. The number of aromatic nitrogens is 2. The van der Waals surface area contributed by atoms with Crippen molar-refractivity contribution < 1.29 is 52.4 Å². The average molecular weight is 889 g/mol. The fraction of sp³-hybridized carbons (Fsp3) is 0.619. The Bertz CT molecular complexity index is 1810. The zero-order valence-corrected chi connectivity index (χ0v) is 38.6. The maximum Gasteiger partial charge on any atom is 0.414 e. The van der Waals surface area contributed by atoms with E-state index in [-0.39, 0.29) is 55.4 Å². The summed E-state index contributed by atoms with van der Waals surface area (Å²) in [6.07, 6.45) is 2.80. The van der Waals surface area contributed by atoms with Crippen LogP contribution in [0.2, 0.25) is 0 Å². The first-order valence-corrected chi connectivity index (χ1v) is 20.7. The molecule has 0 bridgehead atoms. The van der Waals surface area contributed by atoms with E-state index in [0.29, 0.717) is 49.4 Å². The molecule has 352 valence electrons. The summed E-state index contributed by atoms with van der Waals surface area (Å²) in [6.45, 7) is 15.8. The van der Waals surface area contributed by atoms with Crippen molar-refractivity contribution in [3.8, 4) is 17.2 Å². The number of carbonyl (C=O) groups excluding carboxylic acids is 5. The molecule has 0 spiro atoms. The van der Waals surface area contributed by atoms with Crippen LogP contribution in [-0.4, -0.2) is 109 Å². The molecule has 0 aliphatic carbocycles. The molecular weight excluding hydrogens is 821 g/mol. The van der Waals surface area contributed by atoms with Crippen LogP contribution in [0.25, 0.3) is 0 Å². The van der Waals surface area contributed by atoms with Gasteiger partial charge in [-0.1, -0.05) is 12.8 Å². The number of carbonyl (C=O) groups is 5. The highest BCUT2D eigenvalue weighted by Crippen LogP contribution is 2.39. The van der Waals surface area contributed by atoms with Crippen molar-refractivity contribution in [3.63, 3.8) is 0 Å². The molecule has 9 N–H and O–H groups in total. The molecular formula is C42H68N10O11. The number of hydrogen-bond donors (Lipinski definition) is 7. The molecule has 21 heteroatoms. The predicted molar refractivity (Wildman–Crippen MR) is 237 cm³/mol. The normalized spacial score (nSPS) is 11.9. The van der Waals surface area contributed by atoms with Gasteiger partial charge in [0, 0.05) is 37.8 Å². The van der Waals surface area contributed by atoms with Crippen LogP contribution in [0.3, 0.4) is 0 Å². The van der Waals surface area contributed by atoms with Gasteiger partial charge in [0.25, 0.3) is 5.91 Å². The number of rotatable bonds is 20. The lowest BCUT2D eigenvalue weighted by Gasteiger charge is -2.23. The van der Waals surface area contributed by atoms with Gasteiger partial charge in [0.15, 0.2) is 18.1 Å². The largest absolute Gasteiger partial charge is 0.493 e. The van der Waals surface area contributed by atoms with E-state index in [4.69, 9.17) is 39.9 Å². The van der Waals surface area contributed by atoms with Gasteiger partial charge in [0.1, 0.15) is 28.7 Å². The molecule has 2 aromatic rings. The molecule has 0 radical (unpaired) electrons. The Hall–Kier alpha value is -6.28. The summed E-state index contributed by atoms with van der Waals surface area (Å²) in [5, 5.41) is 13.2. The van der Waals surface area contributed by atoms with Gasteiger partial charge in [0.2, 0.25) is 23.6 Å². The Morgan fingerprint density at radius 3 is 1.76 bits per heavy atom. The van der Waals surface area contributed by atoms with E-state index in [1.54, 1.807) is 80.6 Å². The number of aliphatic imine (C=N–C) groups is 1. The molecule has 63 heavy (non-hydrogen) atoms. The lowest BCUT2D eigenvalue weighted by Crippen LogP contribution is -2.48. The number of alkyl carbamates (subject to hydrolysis) is 3. The van der Waals surface area contributed by atoms with Crippen LogP contribution in [0, 0.1) is 0 Å². The van der Waals surface area contributed by atoms with Gasteiger partial charge >= 0.3 is 18.3 Å². The van der Waals surface area contributed by atoms with Crippen LogP contribution >= 0.6 is 0 Å². The Morgan fingerprint density at radius 1 is 0.730 bits per heavy atom. The van der Waals surface area contributed by atoms with Crippen molar-refractivity contribution in [2.24, 2.45) is 4.99 Å². The summed E-state index contributed by atoms with van der Waals surface area (Å²) in [6, 6.07) is 2.54. The van der Waals surface area contributed by atoms with Crippen LogP contribution in [0.1, 0.15) is 112 Å². The van der Waals surface area contributed by atoms with E-state index < -0.39 is 47.0 Å². The van der Waals surface area contributed by atoms with Crippen molar-refractivity contribution in [1.29, 1.82) is 0 Å². The third-order valence-corrected chi connectivity index (χ3v) is 8.07. The molecule has 21 nitrogen and oxygen atoms in total. The van der Waals surface area contributed by atoms with E-state index >= 15 is 0 Å². The van der Waals surface area contributed by atoms with Gasteiger partial charge in [-0.25, -0.2) is 19.4 Å². The Morgan fingerprint density at radius 2 is 1.25 bits per heavy atom. The van der Waals surface area contributed by atoms with E-state index in [1.807, 2.05) is 0 Å². The summed E-state index contributed by atoms with van der Waals surface area (Å²) in [5.74, 6) is 0.404. The number of methoxy groups -OCH3 is 2. The third-order valence-electron chi connectivity index (χ3n) is 8.07. The number of nitrogens with zero attached hydrogens (tertiary/aromatic N) is 3. The molecule has 1 heterocycles. The highest BCUT2D eigenvalue weighted by molar-refractivity contribution is 6.01. The average Bonchev–Trinajstić information content (AvgIpc) is 3.14. The maximum atomic E-state index is 13.2. The second-order valence-electron chi connectivity index (χ2n) is 17.3. The summed E-state index contributed by atoms with van der Waals surface area (Å²) < 4.78 is 32.8. The van der Waals surface area contributed by atoms with Gasteiger partial charge in [-0.3, -0.25) is 25.2 Å². The molecule has 0 fully saturated rings. The molecule has 0 saturated carbocycles. The lowest BCUT2D eigenvalue weighted by atomic mass is 10.1. The minimum atomic E-state index is -0.963. The van der Waals surface area contributed by atoms with Crippen molar-refractivity contribution in [2.45, 2.75) is 130 Å². The number of hydrogen-bond acceptors (Lipinski definition) is 16. The first-order chi connectivity index (χ1) is 29.4. The van der Waals surface area contributed by atoms with Gasteiger partial charge in [0.05, 0.1) is 14.2 Å². The van der Waals surface area contributed by atoms with Crippen molar-refractivity contribution in [2.75, 3.05) is 51.9 Å². The SMILES string of the molecule is COc1cc(Cc2cnc(N)nc2N)cc(OC)c1OCC(=O)NCCCCCCNC(=O)[C@H](CCCN=C(NC(=O)OC(C)(C)C)NC(=O)OC(C)(C)C)NC(=O)OC(C)(C)C. The standard InChI is InChI=1S/C42H68N10O11/c1-40(2,3)61-37(55)49-28(17-16-20-47-36(51-38(56)62-41(4,5)6)52-39(57)63-42(7,8)9)34(54)46-19-15-13-12-14-18-45-31(53)25-60-32-29(58-10)22-26(23-30(32)59-11)21-27-24-48-35(44)50-33(27)43/h22-24,28H,12-21,25H2,1-11H3,(H,45,53)(H,46,54)(H,49,55)(H4,43,44,48,50)(H2,47,51,52,56,57)/t28-/m0/s1. The highest BCUT2D eigenvalue weighted by atomic mass is 16.6. The first-order valence-electron chi connectivity index (χ1n) is 20.7. The van der Waals surface area contributed by atoms with Crippen LogP contribution < -0.4 is 52.3 Å². The van der Waals surface area contributed by atoms with Gasteiger partial charge in [-0.15, -0.1) is 0 Å². The number of benzene rings is 1. The smallest absolute Gasteiger partial charge is 0.414 e. The summed E-state index contributed by atoms with van der Waals surface area (Å²) >= 11 is 0. The van der Waals surface area contributed by atoms with Crippen LogP contribution in [0.4, 0.5) is 26.1 Å². The number of unbranched alkanes of at least 4 members (excludes halogenated alkanes) is 3. The van der Waals surface area contributed by atoms with Crippen molar-refractivity contribution in [3.05, 3.63) is 29.5 Å². The van der Waals surface area contributed by atoms with Gasteiger partial charge in [-0.05, 0) is 106 Å². The maximum absolute atomic E-state index is 13.2. The third kappa shape index (κ3) is 22.4.